The van der Waals surface area contributed by atoms with E-state index in [1.54, 1.807) is 6.07 Å². The van der Waals surface area contributed by atoms with E-state index in [9.17, 15) is 9.18 Å². The molecule has 1 amide bonds. The SMILES string of the molecule is CC(C)NC(=O)c1cc(F)ccc1C[NH3+]. The van der Waals surface area contributed by atoms with E-state index < -0.39 is 5.82 Å². The second kappa shape index (κ2) is 4.89. The summed E-state index contributed by atoms with van der Waals surface area (Å²) in [6, 6.07) is 4.22. The average molecular weight is 211 g/mol. The molecule has 0 aliphatic carbocycles. The van der Waals surface area contributed by atoms with Crippen LogP contribution in [0.4, 0.5) is 4.39 Å². The highest BCUT2D eigenvalue weighted by Crippen LogP contribution is 2.10. The van der Waals surface area contributed by atoms with Gasteiger partial charge >= 0.3 is 0 Å². The number of nitrogens with one attached hydrogen (secondary N) is 1. The highest BCUT2D eigenvalue weighted by molar-refractivity contribution is 5.95. The average Bonchev–Trinajstić information content (AvgIpc) is 2.16. The summed E-state index contributed by atoms with van der Waals surface area (Å²) in [6.07, 6.45) is 0. The molecule has 82 valence electrons. The van der Waals surface area contributed by atoms with Crippen molar-refractivity contribution in [2.24, 2.45) is 0 Å². The number of amides is 1. The molecule has 0 atom stereocenters. The third kappa shape index (κ3) is 3.02. The minimum Gasteiger partial charge on any atom is -0.354 e. The van der Waals surface area contributed by atoms with Gasteiger partial charge in [0.2, 0.25) is 0 Å². The van der Waals surface area contributed by atoms with E-state index in [1.165, 1.54) is 12.1 Å². The third-order valence-corrected chi connectivity index (χ3v) is 2.01. The van der Waals surface area contributed by atoms with Gasteiger partial charge in [-0.25, -0.2) is 4.39 Å². The lowest BCUT2D eigenvalue weighted by molar-refractivity contribution is -0.386. The monoisotopic (exact) mass is 211 g/mol. The van der Waals surface area contributed by atoms with E-state index in [0.717, 1.165) is 5.56 Å². The predicted molar refractivity (Wildman–Crippen MR) is 55.6 cm³/mol. The van der Waals surface area contributed by atoms with Crippen molar-refractivity contribution in [2.75, 3.05) is 0 Å². The Hall–Kier alpha value is -1.42. The van der Waals surface area contributed by atoms with Crippen LogP contribution in [0.5, 0.6) is 0 Å². The first-order valence-corrected chi connectivity index (χ1v) is 4.93. The first kappa shape index (κ1) is 11.7. The second-order valence-corrected chi connectivity index (χ2v) is 3.68. The minimum absolute atomic E-state index is 0.0402. The first-order valence-electron chi connectivity index (χ1n) is 4.93. The molecule has 0 fully saturated rings. The van der Waals surface area contributed by atoms with E-state index in [4.69, 9.17) is 0 Å². The van der Waals surface area contributed by atoms with Gasteiger partial charge in [0.25, 0.3) is 5.91 Å². The number of benzene rings is 1. The second-order valence-electron chi connectivity index (χ2n) is 3.68. The van der Waals surface area contributed by atoms with Crippen LogP contribution in [0.2, 0.25) is 0 Å². The summed E-state index contributed by atoms with van der Waals surface area (Å²) in [7, 11) is 0. The molecule has 4 heteroatoms. The Morgan fingerprint density at radius 1 is 1.53 bits per heavy atom. The zero-order valence-corrected chi connectivity index (χ0v) is 9.01. The maximum Gasteiger partial charge on any atom is 0.252 e. The Kier molecular flexibility index (Phi) is 3.80. The Morgan fingerprint density at radius 3 is 2.73 bits per heavy atom. The fourth-order valence-electron chi connectivity index (χ4n) is 1.32. The summed E-state index contributed by atoms with van der Waals surface area (Å²) in [4.78, 5) is 11.7. The number of carbonyl (C=O) groups excluding carboxylic acids is 1. The molecule has 0 aromatic heterocycles. The number of hydrogen-bond acceptors (Lipinski definition) is 1. The summed E-state index contributed by atoms with van der Waals surface area (Å²) >= 11 is 0. The van der Waals surface area contributed by atoms with Gasteiger partial charge < -0.3 is 11.1 Å². The van der Waals surface area contributed by atoms with Crippen molar-refractivity contribution in [1.82, 2.24) is 5.32 Å². The lowest BCUT2D eigenvalue weighted by atomic mass is 10.1. The maximum absolute atomic E-state index is 13.0. The summed E-state index contributed by atoms with van der Waals surface area (Å²) in [5.74, 6) is -0.649. The zero-order valence-electron chi connectivity index (χ0n) is 9.01. The zero-order chi connectivity index (χ0) is 11.4. The molecular weight excluding hydrogens is 195 g/mol. The van der Waals surface area contributed by atoms with Gasteiger partial charge in [-0.1, -0.05) is 0 Å². The van der Waals surface area contributed by atoms with Gasteiger partial charge in [-0.15, -0.1) is 0 Å². The predicted octanol–water partition coefficient (Wildman–Crippen LogP) is 0.706. The van der Waals surface area contributed by atoms with Crippen molar-refractivity contribution in [2.45, 2.75) is 26.4 Å². The van der Waals surface area contributed by atoms with Gasteiger partial charge in [0, 0.05) is 11.6 Å². The number of rotatable bonds is 3. The number of carbonyl (C=O) groups is 1. The molecule has 0 aliphatic rings. The van der Waals surface area contributed by atoms with Crippen LogP contribution in [-0.2, 0) is 6.54 Å². The van der Waals surface area contributed by atoms with Gasteiger partial charge in [0.05, 0.1) is 5.56 Å². The molecule has 0 bridgehead atoms. The summed E-state index contributed by atoms with van der Waals surface area (Å²) in [6.45, 7) is 4.20. The van der Waals surface area contributed by atoms with E-state index >= 15 is 0 Å². The Labute approximate surface area is 88.5 Å². The van der Waals surface area contributed by atoms with Crippen molar-refractivity contribution in [1.29, 1.82) is 0 Å². The van der Waals surface area contributed by atoms with Gasteiger partial charge in [-0.05, 0) is 32.0 Å². The highest BCUT2D eigenvalue weighted by atomic mass is 19.1. The van der Waals surface area contributed by atoms with Gasteiger partial charge in [-0.3, -0.25) is 4.79 Å². The maximum atomic E-state index is 13.0. The van der Waals surface area contributed by atoms with Crippen molar-refractivity contribution < 1.29 is 14.9 Å². The van der Waals surface area contributed by atoms with Crippen LogP contribution in [0, 0.1) is 5.82 Å². The molecule has 0 aliphatic heterocycles. The van der Waals surface area contributed by atoms with Gasteiger partial charge in [0.1, 0.15) is 12.4 Å². The van der Waals surface area contributed by atoms with Crippen LogP contribution in [0.25, 0.3) is 0 Å². The lowest BCUT2D eigenvalue weighted by Crippen LogP contribution is -2.48. The molecule has 3 nitrogen and oxygen atoms in total. The Morgan fingerprint density at radius 2 is 2.20 bits per heavy atom. The van der Waals surface area contributed by atoms with Crippen LogP contribution < -0.4 is 11.1 Å². The fourth-order valence-corrected chi connectivity index (χ4v) is 1.32. The third-order valence-electron chi connectivity index (χ3n) is 2.01. The smallest absolute Gasteiger partial charge is 0.252 e. The quantitative estimate of drug-likeness (QED) is 0.760. The topological polar surface area (TPSA) is 56.7 Å². The normalized spacial score (nSPS) is 10.5. The molecule has 0 spiro atoms. The molecule has 1 rings (SSSR count). The number of quaternary nitrogens is 1. The number of hydrogen-bond donors (Lipinski definition) is 2. The molecule has 1 aromatic carbocycles. The van der Waals surface area contributed by atoms with Crippen LogP contribution in [0.15, 0.2) is 18.2 Å². The van der Waals surface area contributed by atoms with Crippen molar-refractivity contribution >= 4 is 5.91 Å². The van der Waals surface area contributed by atoms with Crippen LogP contribution >= 0.6 is 0 Å². The molecular formula is C11H16FN2O+. The molecule has 0 unspecified atom stereocenters. The van der Waals surface area contributed by atoms with Crippen molar-refractivity contribution in [3.05, 3.63) is 35.1 Å². The van der Waals surface area contributed by atoms with Crippen LogP contribution in [-0.4, -0.2) is 11.9 Å². The summed E-state index contributed by atoms with van der Waals surface area (Å²) in [5, 5.41) is 2.73. The number of halogens is 1. The van der Waals surface area contributed by atoms with Crippen molar-refractivity contribution in [3.8, 4) is 0 Å². The summed E-state index contributed by atoms with van der Waals surface area (Å²) in [5.41, 5.74) is 4.84. The van der Waals surface area contributed by atoms with Gasteiger partial charge in [0.15, 0.2) is 0 Å². The fraction of sp³-hybridized carbons (Fsp3) is 0.364. The van der Waals surface area contributed by atoms with E-state index in [1.807, 2.05) is 13.8 Å². The van der Waals surface area contributed by atoms with Gasteiger partial charge in [-0.2, -0.15) is 0 Å². The lowest BCUT2D eigenvalue weighted by Gasteiger charge is -2.10. The minimum atomic E-state index is -0.402. The summed E-state index contributed by atoms with van der Waals surface area (Å²) < 4.78 is 13.0. The molecule has 1 aromatic rings. The molecule has 0 saturated heterocycles. The van der Waals surface area contributed by atoms with E-state index in [0.29, 0.717) is 12.1 Å². The van der Waals surface area contributed by atoms with Crippen LogP contribution in [0.1, 0.15) is 29.8 Å². The molecule has 0 saturated carbocycles. The van der Waals surface area contributed by atoms with Crippen molar-refractivity contribution in [3.63, 3.8) is 0 Å². The highest BCUT2D eigenvalue weighted by Gasteiger charge is 2.13. The molecule has 0 heterocycles. The molecule has 4 N–H and O–H groups in total. The van der Waals surface area contributed by atoms with E-state index in [2.05, 4.69) is 11.1 Å². The Bertz CT molecular complexity index is 364. The first-order chi connectivity index (χ1) is 7.04. The van der Waals surface area contributed by atoms with Crippen LogP contribution in [0.3, 0.4) is 0 Å². The standard InChI is InChI=1S/C11H15FN2O/c1-7(2)14-11(15)10-5-9(12)4-3-8(10)6-13/h3-5,7H,6,13H2,1-2H3,(H,14,15)/p+1. The van der Waals surface area contributed by atoms with E-state index in [-0.39, 0.29) is 11.9 Å². The Balaban J connectivity index is 3.00. The largest absolute Gasteiger partial charge is 0.354 e. The molecule has 15 heavy (non-hydrogen) atoms. The molecule has 0 radical (unpaired) electrons.